The summed E-state index contributed by atoms with van der Waals surface area (Å²) >= 11 is 0. The Labute approximate surface area is 126 Å². The van der Waals surface area contributed by atoms with Gasteiger partial charge in [0.1, 0.15) is 0 Å². The monoisotopic (exact) mass is 290 g/mol. The molecule has 0 spiro atoms. The lowest BCUT2D eigenvalue weighted by molar-refractivity contribution is 0.157. The summed E-state index contributed by atoms with van der Waals surface area (Å²) in [5.41, 5.74) is 6.14. The zero-order valence-electron chi connectivity index (χ0n) is 12.9. The topological polar surface area (TPSA) is 68.2 Å². The van der Waals surface area contributed by atoms with Crippen molar-refractivity contribution in [3.05, 3.63) is 11.7 Å². The molecule has 3 aliphatic rings. The minimum Gasteiger partial charge on any atom is -0.337 e. The first kappa shape index (κ1) is 13.7. The Morgan fingerprint density at radius 1 is 1.14 bits per heavy atom. The van der Waals surface area contributed by atoms with Crippen molar-refractivity contribution in [1.29, 1.82) is 0 Å². The van der Waals surface area contributed by atoms with E-state index in [1.807, 2.05) is 0 Å². The summed E-state index contributed by atoms with van der Waals surface area (Å²) in [7, 11) is 2.26. The molecule has 1 aliphatic carbocycles. The van der Waals surface area contributed by atoms with Gasteiger partial charge in [-0.3, -0.25) is 0 Å². The summed E-state index contributed by atoms with van der Waals surface area (Å²) in [6.45, 7) is 0. The molecule has 5 heteroatoms. The van der Waals surface area contributed by atoms with Crippen LogP contribution in [0, 0.1) is 0 Å². The van der Waals surface area contributed by atoms with Crippen LogP contribution in [0.3, 0.4) is 0 Å². The van der Waals surface area contributed by atoms with Gasteiger partial charge in [0.05, 0.1) is 5.54 Å². The van der Waals surface area contributed by atoms with Crippen molar-refractivity contribution in [1.82, 2.24) is 15.0 Å². The second-order valence-corrected chi connectivity index (χ2v) is 7.39. The van der Waals surface area contributed by atoms with Gasteiger partial charge in [0, 0.05) is 18.0 Å². The number of hydrogen-bond acceptors (Lipinski definition) is 5. The van der Waals surface area contributed by atoms with Crippen molar-refractivity contribution in [2.24, 2.45) is 5.73 Å². The lowest BCUT2D eigenvalue weighted by Gasteiger charge is -2.35. The van der Waals surface area contributed by atoms with E-state index in [1.165, 1.54) is 44.9 Å². The summed E-state index contributed by atoms with van der Waals surface area (Å²) in [6.07, 6.45) is 10.6. The van der Waals surface area contributed by atoms with Crippen LogP contribution in [0.15, 0.2) is 4.52 Å². The molecule has 21 heavy (non-hydrogen) atoms. The van der Waals surface area contributed by atoms with E-state index in [0.29, 0.717) is 23.9 Å². The molecule has 2 aliphatic heterocycles. The van der Waals surface area contributed by atoms with Crippen LogP contribution in [0.2, 0.25) is 0 Å². The minimum atomic E-state index is -0.367. The third kappa shape index (κ3) is 2.30. The highest BCUT2D eigenvalue weighted by molar-refractivity contribution is 5.09. The molecular weight excluding hydrogens is 264 g/mol. The quantitative estimate of drug-likeness (QED) is 0.906. The number of hydrogen-bond donors (Lipinski definition) is 1. The molecule has 2 N–H and O–H groups in total. The van der Waals surface area contributed by atoms with Crippen LogP contribution in [-0.4, -0.2) is 34.2 Å². The van der Waals surface area contributed by atoms with E-state index in [0.717, 1.165) is 18.7 Å². The molecule has 0 amide bonds. The Morgan fingerprint density at radius 2 is 1.81 bits per heavy atom. The molecule has 3 fully saturated rings. The summed E-state index contributed by atoms with van der Waals surface area (Å²) in [6, 6.07) is 1.41. The van der Waals surface area contributed by atoms with Crippen molar-refractivity contribution < 1.29 is 4.52 Å². The molecule has 0 aromatic carbocycles. The lowest BCUT2D eigenvalue weighted by atomic mass is 9.82. The van der Waals surface area contributed by atoms with E-state index in [1.54, 1.807) is 0 Å². The number of rotatable bonds is 2. The fraction of sp³-hybridized carbons (Fsp3) is 0.875. The molecule has 2 atom stereocenters. The summed E-state index contributed by atoms with van der Waals surface area (Å²) in [5, 5.41) is 4.30. The number of fused-ring (bicyclic) bond motifs is 2. The van der Waals surface area contributed by atoms with Crippen LogP contribution in [-0.2, 0) is 5.54 Å². The molecular formula is C16H26N4O. The molecule has 2 unspecified atom stereocenters. The average molecular weight is 290 g/mol. The van der Waals surface area contributed by atoms with Crippen LogP contribution < -0.4 is 5.73 Å². The van der Waals surface area contributed by atoms with E-state index in [-0.39, 0.29) is 5.54 Å². The van der Waals surface area contributed by atoms with Crippen LogP contribution in [0.4, 0.5) is 0 Å². The second-order valence-electron chi connectivity index (χ2n) is 7.39. The molecule has 5 nitrogen and oxygen atoms in total. The van der Waals surface area contributed by atoms with Crippen LogP contribution >= 0.6 is 0 Å². The number of aromatic nitrogens is 2. The first-order chi connectivity index (χ1) is 10.2. The third-order valence-electron chi connectivity index (χ3n) is 6.08. The average Bonchev–Trinajstić information content (AvgIpc) is 3.03. The molecule has 3 heterocycles. The van der Waals surface area contributed by atoms with Crippen molar-refractivity contribution in [3.8, 4) is 0 Å². The van der Waals surface area contributed by atoms with Gasteiger partial charge in [0.25, 0.3) is 0 Å². The lowest BCUT2D eigenvalue weighted by Crippen LogP contribution is -2.40. The Morgan fingerprint density at radius 3 is 2.48 bits per heavy atom. The van der Waals surface area contributed by atoms with E-state index >= 15 is 0 Å². The second kappa shape index (κ2) is 5.06. The predicted molar refractivity (Wildman–Crippen MR) is 79.8 cm³/mol. The van der Waals surface area contributed by atoms with Gasteiger partial charge in [-0.25, -0.2) is 0 Å². The molecule has 1 aromatic rings. The largest absolute Gasteiger partial charge is 0.337 e. The van der Waals surface area contributed by atoms with Gasteiger partial charge in [-0.05, 0) is 45.6 Å². The highest BCUT2D eigenvalue weighted by atomic mass is 16.5. The maximum absolute atomic E-state index is 6.51. The molecule has 1 aromatic heterocycles. The maximum Gasteiger partial charge on any atom is 0.246 e. The van der Waals surface area contributed by atoms with Gasteiger partial charge in [-0.1, -0.05) is 24.4 Å². The molecule has 4 rings (SSSR count). The highest BCUT2D eigenvalue weighted by Gasteiger charge is 2.41. The zero-order chi connectivity index (χ0) is 14.4. The Hall–Kier alpha value is -0.940. The number of piperidine rings is 1. The van der Waals surface area contributed by atoms with Crippen molar-refractivity contribution in [2.75, 3.05) is 7.05 Å². The fourth-order valence-corrected chi connectivity index (χ4v) is 4.62. The van der Waals surface area contributed by atoms with E-state index < -0.39 is 0 Å². The van der Waals surface area contributed by atoms with Crippen molar-refractivity contribution in [2.45, 2.75) is 81.3 Å². The molecule has 116 valence electrons. The standard InChI is InChI=1S/C16H26N4O/c1-20-12-5-6-13(20)10-11(9-12)14-18-15(21-19-14)16(17)7-3-2-4-8-16/h11-13H,2-10,17H2,1H3. The van der Waals surface area contributed by atoms with Gasteiger partial charge in [0.15, 0.2) is 5.82 Å². The number of nitrogens with zero attached hydrogens (tertiary/aromatic N) is 3. The molecule has 1 saturated carbocycles. The van der Waals surface area contributed by atoms with Gasteiger partial charge in [-0.2, -0.15) is 4.98 Å². The van der Waals surface area contributed by atoms with E-state index in [2.05, 4.69) is 17.1 Å². The minimum absolute atomic E-state index is 0.367. The molecule has 2 bridgehead atoms. The fourth-order valence-electron chi connectivity index (χ4n) is 4.62. The maximum atomic E-state index is 6.51. The van der Waals surface area contributed by atoms with Gasteiger partial charge in [-0.15, -0.1) is 0 Å². The van der Waals surface area contributed by atoms with Crippen molar-refractivity contribution in [3.63, 3.8) is 0 Å². The summed E-state index contributed by atoms with van der Waals surface area (Å²) in [5.74, 6) is 2.05. The van der Waals surface area contributed by atoms with Crippen LogP contribution in [0.1, 0.15) is 75.4 Å². The smallest absolute Gasteiger partial charge is 0.246 e. The first-order valence-electron chi connectivity index (χ1n) is 8.51. The Balaban J connectivity index is 1.52. The number of nitrogens with two attached hydrogens (primary N) is 1. The van der Waals surface area contributed by atoms with Gasteiger partial charge in [0.2, 0.25) is 5.89 Å². The van der Waals surface area contributed by atoms with Gasteiger partial charge < -0.3 is 15.2 Å². The summed E-state index contributed by atoms with van der Waals surface area (Å²) in [4.78, 5) is 7.27. The normalized spacial score (nSPS) is 36.0. The van der Waals surface area contributed by atoms with E-state index in [4.69, 9.17) is 15.2 Å². The molecule has 0 radical (unpaired) electrons. The Bertz CT molecular complexity index is 494. The van der Waals surface area contributed by atoms with E-state index in [9.17, 15) is 0 Å². The van der Waals surface area contributed by atoms with Crippen LogP contribution in [0.25, 0.3) is 0 Å². The highest BCUT2D eigenvalue weighted by Crippen LogP contribution is 2.42. The SMILES string of the molecule is CN1C2CCC1CC(c1noc(C3(N)CCCCC3)n1)C2. The van der Waals surface area contributed by atoms with Crippen LogP contribution in [0.5, 0.6) is 0 Å². The zero-order valence-corrected chi connectivity index (χ0v) is 12.9. The summed E-state index contributed by atoms with van der Waals surface area (Å²) < 4.78 is 5.58. The van der Waals surface area contributed by atoms with Gasteiger partial charge >= 0.3 is 0 Å². The van der Waals surface area contributed by atoms with Crippen molar-refractivity contribution >= 4 is 0 Å². The Kier molecular flexibility index (Phi) is 3.30. The third-order valence-corrected chi connectivity index (χ3v) is 6.08. The molecule has 2 saturated heterocycles. The predicted octanol–water partition coefficient (Wildman–Crippen LogP) is 2.53. The first-order valence-corrected chi connectivity index (χ1v) is 8.51.